The van der Waals surface area contributed by atoms with Crippen molar-refractivity contribution in [3.8, 4) is 5.75 Å². The van der Waals surface area contributed by atoms with Gasteiger partial charge in [0.15, 0.2) is 0 Å². The molecule has 0 spiro atoms. The molecule has 1 aromatic carbocycles. The third kappa shape index (κ3) is 3.42. The van der Waals surface area contributed by atoms with Crippen molar-refractivity contribution in [1.29, 1.82) is 0 Å². The van der Waals surface area contributed by atoms with E-state index in [2.05, 4.69) is 0 Å². The predicted octanol–water partition coefficient (Wildman–Crippen LogP) is 2.02. The maximum Gasteiger partial charge on any atom is 0.307 e. The Kier molecular flexibility index (Phi) is 4.62. The monoisotopic (exact) mass is 289 g/mol. The lowest BCUT2D eigenvalue weighted by Crippen LogP contribution is -2.39. The molecule has 0 fully saturated rings. The zero-order valence-electron chi connectivity index (χ0n) is 11.9. The van der Waals surface area contributed by atoms with E-state index >= 15 is 0 Å². The highest BCUT2D eigenvalue weighted by Crippen LogP contribution is 2.28. The number of rotatable bonds is 4. The normalized spacial score (nSPS) is 21.0. The Hall–Kier alpha value is -2.30. The van der Waals surface area contributed by atoms with Gasteiger partial charge in [0.25, 0.3) is 0 Å². The first-order valence-corrected chi connectivity index (χ1v) is 6.90. The molecule has 5 nitrogen and oxygen atoms in total. The van der Waals surface area contributed by atoms with Gasteiger partial charge in [-0.25, -0.2) is 0 Å². The summed E-state index contributed by atoms with van der Waals surface area (Å²) in [5.74, 6) is -2.21. The van der Waals surface area contributed by atoms with Crippen molar-refractivity contribution < 1.29 is 19.8 Å². The Labute approximate surface area is 123 Å². The van der Waals surface area contributed by atoms with E-state index < -0.39 is 17.8 Å². The summed E-state index contributed by atoms with van der Waals surface area (Å²) in [4.78, 5) is 25.2. The Morgan fingerprint density at radius 3 is 2.43 bits per heavy atom. The molecule has 0 bridgehead atoms. The van der Waals surface area contributed by atoms with Crippen molar-refractivity contribution >= 4 is 11.9 Å². The van der Waals surface area contributed by atoms with Gasteiger partial charge in [-0.3, -0.25) is 9.59 Å². The van der Waals surface area contributed by atoms with E-state index in [9.17, 15) is 19.8 Å². The summed E-state index contributed by atoms with van der Waals surface area (Å²) < 4.78 is 0. The van der Waals surface area contributed by atoms with Crippen LogP contribution in [0.5, 0.6) is 5.75 Å². The standard InChI is InChI=1S/C16H19NO4/c1-17(10-11-6-2-5-9-14(11)18)15(19)12-7-3-4-8-13(12)16(20)21/h2-6,9,12-13,18H,7-8,10H2,1H3,(H,20,21). The van der Waals surface area contributed by atoms with Crippen molar-refractivity contribution in [3.63, 3.8) is 0 Å². The Morgan fingerprint density at radius 1 is 1.19 bits per heavy atom. The molecular weight excluding hydrogens is 270 g/mol. The summed E-state index contributed by atoms with van der Waals surface area (Å²) in [5.41, 5.74) is 0.645. The summed E-state index contributed by atoms with van der Waals surface area (Å²) in [5, 5.41) is 19.0. The summed E-state index contributed by atoms with van der Waals surface area (Å²) in [6, 6.07) is 6.81. The van der Waals surface area contributed by atoms with E-state index in [4.69, 9.17) is 0 Å². The zero-order valence-corrected chi connectivity index (χ0v) is 11.9. The quantitative estimate of drug-likeness (QED) is 0.831. The minimum atomic E-state index is -0.936. The first-order chi connectivity index (χ1) is 10.0. The second-order valence-corrected chi connectivity index (χ2v) is 5.32. The topological polar surface area (TPSA) is 77.8 Å². The molecule has 1 aliphatic carbocycles. The lowest BCUT2D eigenvalue weighted by molar-refractivity contribution is -0.150. The van der Waals surface area contributed by atoms with Crippen LogP contribution >= 0.6 is 0 Å². The second-order valence-electron chi connectivity index (χ2n) is 5.32. The van der Waals surface area contributed by atoms with E-state index in [1.807, 2.05) is 12.2 Å². The molecule has 0 heterocycles. The molecule has 1 aromatic rings. The SMILES string of the molecule is CN(Cc1ccccc1O)C(=O)C1CC=CCC1C(=O)O. The molecule has 21 heavy (non-hydrogen) atoms. The molecule has 1 aliphatic rings. The van der Waals surface area contributed by atoms with Crippen LogP contribution in [0.2, 0.25) is 0 Å². The van der Waals surface area contributed by atoms with Crippen LogP contribution in [0.1, 0.15) is 18.4 Å². The maximum atomic E-state index is 12.5. The molecule has 5 heteroatoms. The number of allylic oxidation sites excluding steroid dienone is 2. The number of phenolic OH excluding ortho intramolecular Hbond substituents is 1. The minimum absolute atomic E-state index is 0.135. The number of benzene rings is 1. The van der Waals surface area contributed by atoms with E-state index in [0.29, 0.717) is 18.4 Å². The van der Waals surface area contributed by atoms with Crippen LogP contribution in [-0.2, 0) is 16.1 Å². The molecule has 112 valence electrons. The van der Waals surface area contributed by atoms with Gasteiger partial charge in [-0.15, -0.1) is 0 Å². The number of carbonyl (C=O) groups is 2. The van der Waals surface area contributed by atoms with E-state index in [-0.39, 0.29) is 18.2 Å². The number of amides is 1. The highest BCUT2D eigenvalue weighted by molar-refractivity contribution is 5.85. The number of carboxylic acid groups (broad SMARTS) is 1. The smallest absolute Gasteiger partial charge is 0.307 e. The van der Waals surface area contributed by atoms with Crippen LogP contribution in [-0.4, -0.2) is 34.0 Å². The fourth-order valence-corrected chi connectivity index (χ4v) is 2.62. The second kappa shape index (κ2) is 6.43. The van der Waals surface area contributed by atoms with Crippen LogP contribution < -0.4 is 0 Å². The summed E-state index contributed by atoms with van der Waals surface area (Å²) >= 11 is 0. The number of nitrogens with zero attached hydrogens (tertiary/aromatic N) is 1. The van der Waals surface area contributed by atoms with Crippen LogP contribution in [0.25, 0.3) is 0 Å². The van der Waals surface area contributed by atoms with Gasteiger partial charge in [0.1, 0.15) is 5.75 Å². The van der Waals surface area contributed by atoms with Crippen molar-refractivity contribution in [2.45, 2.75) is 19.4 Å². The number of para-hydroxylation sites is 1. The average Bonchev–Trinajstić information content (AvgIpc) is 2.48. The van der Waals surface area contributed by atoms with E-state index in [1.165, 1.54) is 4.90 Å². The van der Waals surface area contributed by atoms with Gasteiger partial charge < -0.3 is 15.1 Å². The summed E-state index contributed by atoms with van der Waals surface area (Å²) in [7, 11) is 1.63. The molecule has 2 atom stereocenters. The highest BCUT2D eigenvalue weighted by Gasteiger charge is 2.35. The average molecular weight is 289 g/mol. The maximum absolute atomic E-state index is 12.5. The van der Waals surface area contributed by atoms with Crippen LogP contribution in [0, 0.1) is 11.8 Å². The van der Waals surface area contributed by atoms with Crippen LogP contribution in [0.15, 0.2) is 36.4 Å². The number of phenols is 1. The molecular formula is C16H19NO4. The van der Waals surface area contributed by atoms with Gasteiger partial charge in [0.2, 0.25) is 5.91 Å². The Balaban J connectivity index is 2.10. The van der Waals surface area contributed by atoms with Gasteiger partial charge in [-0.1, -0.05) is 30.4 Å². The molecule has 2 rings (SSSR count). The lowest BCUT2D eigenvalue weighted by Gasteiger charge is -2.28. The molecule has 0 saturated heterocycles. The molecule has 0 aromatic heterocycles. The number of carboxylic acids is 1. The van der Waals surface area contributed by atoms with E-state index in [1.54, 1.807) is 31.3 Å². The van der Waals surface area contributed by atoms with E-state index in [0.717, 1.165) is 0 Å². The van der Waals surface area contributed by atoms with Gasteiger partial charge in [0.05, 0.1) is 11.8 Å². The first-order valence-electron chi connectivity index (χ1n) is 6.90. The predicted molar refractivity (Wildman–Crippen MR) is 77.6 cm³/mol. The van der Waals surface area contributed by atoms with Crippen LogP contribution in [0.4, 0.5) is 0 Å². The van der Waals surface area contributed by atoms with Gasteiger partial charge in [-0.2, -0.15) is 0 Å². The lowest BCUT2D eigenvalue weighted by atomic mass is 9.82. The Morgan fingerprint density at radius 2 is 1.81 bits per heavy atom. The number of hydrogen-bond acceptors (Lipinski definition) is 3. The third-order valence-corrected chi connectivity index (χ3v) is 3.84. The summed E-state index contributed by atoms with van der Waals surface area (Å²) in [6.45, 7) is 0.262. The molecule has 1 amide bonds. The van der Waals surface area contributed by atoms with Gasteiger partial charge in [-0.05, 0) is 18.9 Å². The number of carbonyl (C=O) groups excluding carboxylic acids is 1. The molecule has 0 saturated carbocycles. The van der Waals surface area contributed by atoms with Crippen molar-refractivity contribution in [1.82, 2.24) is 4.90 Å². The van der Waals surface area contributed by atoms with Crippen LogP contribution in [0.3, 0.4) is 0 Å². The molecule has 0 radical (unpaired) electrons. The molecule has 2 N–H and O–H groups in total. The largest absolute Gasteiger partial charge is 0.508 e. The van der Waals surface area contributed by atoms with Crippen molar-refractivity contribution in [3.05, 3.63) is 42.0 Å². The third-order valence-electron chi connectivity index (χ3n) is 3.84. The first kappa shape index (κ1) is 15.1. The van der Waals surface area contributed by atoms with Gasteiger partial charge in [0, 0.05) is 19.2 Å². The Bertz CT molecular complexity index is 567. The van der Waals surface area contributed by atoms with Gasteiger partial charge >= 0.3 is 5.97 Å². The minimum Gasteiger partial charge on any atom is -0.508 e. The molecule has 0 aliphatic heterocycles. The summed E-state index contributed by atoms with van der Waals surface area (Å²) in [6.07, 6.45) is 4.50. The highest BCUT2D eigenvalue weighted by atomic mass is 16.4. The fourth-order valence-electron chi connectivity index (χ4n) is 2.62. The molecule has 2 unspecified atom stereocenters. The van der Waals surface area contributed by atoms with Crippen molar-refractivity contribution in [2.24, 2.45) is 11.8 Å². The zero-order chi connectivity index (χ0) is 15.4. The number of aliphatic carboxylic acids is 1. The van der Waals surface area contributed by atoms with Crippen molar-refractivity contribution in [2.75, 3.05) is 7.05 Å². The number of hydrogen-bond donors (Lipinski definition) is 2. The fraction of sp³-hybridized carbons (Fsp3) is 0.375. The number of aromatic hydroxyl groups is 1.